The topological polar surface area (TPSA) is 95.0 Å². The Bertz CT molecular complexity index is 2090. The van der Waals surface area contributed by atoms with Gasteiger partial charge in [-0.05, 0) is 74.4 Å². The van der Waals surface area contributed by atoms with Crippen LogP contribution in [-0.2, 0) is 9.47 Å². The van der Waals surface area contributed by atoms with E-state index in [-0.39, 0.29) is 0 Å². The molecule has 0 radical (unpaired) electrons. The Morgan fingerprint density at radius 3 is 1.84 bits per heavy atom. The van der Waals surface area contributed by atoms with Gasteiger partial charge in [-0.3, -0.25) is 0 Å². The van der Waals surface area contributed by atoms with E-state index in [2.05, 4.69) is 53.3 Å². The van der Waals surface area contributed by atoms with Gasteiger partial charge < -0.3 is 18.9 Å². The van der Waals surface area contributed by atoms with Crippen molar-refractivity contribution in [1.29, 1.82) is 0 Å². The van der Waals surface area contributed by atoms with Crippen LogP contribution in [0.1, 0.15) is 28.8 Å². The van der Waals surface area contributed by atoms with Crippen molar-refractivity contribution in [2.24, 2.45) is 11.8 Å². The molecular formula is C37H38N6O4S2. The second-order valence-electron chi connectivity index (χ2n) is 12.6. The first-order valence-corrected chi connectivity index (χ1v) is 18.3. The zero-order valence-electron chi connectivity index (χ0n) is 27.8. The number of fused-ring (bicyclic) bond motifs is 2. The number of aromatic nitrogens is 4. The van der Waals surface area contributed by atoms with Gasteiger partial charge in [-0.2, -0.15) is 0 Å². The molecule has 2 fully saturated rings. The van der Waals surface area contributed by atoms with E-state index in [1.807, 2.05) is 36.4 Å². The molecule has 0 spiro atoms. The maximum Gasteiger partial charge on any atom is 0.164 e. The summed E-state index contributed by atoms with van der Waals surface area (Å²) < 4.78 is 24.7. The van der Waals surface area contributed by atoms with Crippen LogP contribution in [0.15, 0.2) is 66.6 Å². The van der Waals surface area contributed by atoms with Crippen molar-refractivity contribution in [2.45, 2.75) is 33.6 Å². The van der Waals surface area contributed by atoms with E-state index in [4.69, 9.17) is 33.9 Å². The number of hydrogen-bond acceptors (Lipinski definition) is 12. The van der Waals surface area contributed by atoms with E-state index >= 15 is 0 Å². The molecule has 6 aromatic rings. The molecule has 2 aliphatic heterocycles. The molecule has 4 aromatic heterocycles. The second-order valence-corrected chi connectivity index (χ2v) is 14.7. The van der Waals surface area contributed by atoms with Crippen LogP contribution in [0.5, 0.6) is 11.5 Å². The molecule has 10 nitrogen and oxygen atoms in total. The summed E-state index contributed by atoms with van der Waals surface area (Å²) in [6, 6.07) is 16.3. The van der Waals surface area contributed by atoms with Crippen LogP contribution in [0.25, 0.3) is 20.4 Å². The van der Waals surface area contributed by atoms with E-state index < -0.39 is 0 Å². The Labute approximate surface area is 293 Å². The van der Waals surface area contributed by atoms with E-state index in [9.17, 15) is 0 Å². The number of hydrazine groups is 1. The first-order valence-electron chi connectivity index (χ1n) is 16.7. The lowest BCUT2D eigenvalue weighted by Gasteiger charge is -2.38. The zero-order chi connectivity index (χ0) is 33.3. The number of aryl methyl sites for hydroxylation is 3. The molecule has 8 rings (SSSR count). The number of hydrogen-bond donors (Lipinski definition) is 0. The Kier molecular flexibility index (Phi) is 9.02. The highest BCUT2D eigenvalue weighted by atomic mass is 32.1. The third-order valence-electron chi connectivity index (χ3n) is 9.26. The molecular weight excluding hydrogens is 657 g/mol. The lowest BCUT2D eigenvalue weighted by atomic mass is 10.1. The smallest absolute Gasteiger partial charge is 0.164 e. The summed E-state index contributed by atoms with van der Waals surface area (Å²) in [6.45, 7) is 10.4. The van der Waals surface area contributed by atoms with Gasteiger partial charge >= 0.3 is 0 Å². The summed E-state index contributed by atoms with van der Waals surface area (Å²) in [5.74, 6) is 3.53. The average molecular weight is 695 g/mol. The van der Waals surface area contributed by atoms with Crippen LogP contribution < -0.4 is 19.5 Å². The molecule has 6 heterocycles. The number of anilines is 4. The monoisotopic (exact) mass is 694 g/mol. The highest BCUT2D eigenvalue weighted by Crippen LogP contribution is 2.48. The lowest BCUT2D eigenvalue weighted by molar-refractivity contribution is 0.167. The van der Waals surface area contributed by atoms with E-state index in [0.717, 1.165) is 80.5 Å². The molecule has 2 saturated heterocycles. The fourth-order valence-electron chi connectivity index (χ4n) is 6.47. The Morgan fingerprint density at radius 2 is 1.27 bits per heavy atom. The molecule has 0 saturated carbocycles. The highest BCUT2D eigenvalue weighted by Gasteiger charge is 2.33. The summed E-state index contributed by atoms with van der Waals surface area (Å²) in [6.07, 6.45) is 5.23. The van der Waals surface area contributed by atoms with Gasteiger partial charge in [0.05, 0.1) is 37.2 Å². The number of rotatable bonds is 11. The standard InChI is InChI=1S/C37H38N6O4S2/c1-23-20-48-36-32(23)34(38-21-40-36)42(28-8-4-6-10-30(28)46-18-26-12-14-44-16-26)43(35-33-24(2)25(3)49-37(33)41-22-39-35)29-9-5-7-11-31(29)47-19-27-13-15-45-17-27/h4-11,20-22,26-27H,12-19H2,1-3H3. The molecule has 2 unspecified atom stereocenters. The highest BCUT2D eigenvalue weighted by molar-refractivity contribution is 7.18. The SMILES string of the molecule is Cc1sc2ncnc(N(c3ccccc3OCC3CCOC3)N(c3ccccc3OCC3CCOC3)c3ncnc4scc(C)c34)c2c1C. The summed E-state index contributed by atoms with van der Waals surface area (Å²) in [5, 5.41) is 8.32. The van der Waals surface area contributed by atoms with Crippen LogP contribution in [0, 0.1) is 32.6 Å². The summed E-state index contributed by atoms with van der Waals surface area (Å²) in [4.78, 5) is 22.5. The van der Waals surface area contributed by atoms with Crippen LogP contribution in [-0.4, -0.2) is 59.6 Å². The van der Waals surface area contributed by atoms with Crippen LogP contribution in [0.3, 0.4) is 0 Å². The largest absolute Gasteiger partial charge is 0.491 e. The number of thiophene rings is 2. The first-order chi connectivity index (χ1) is 24.1. The van der Waals surface area contributed by atoms with Gasteiger partial charge in [-0.1, -0.05) is 24.3 Å². The molecule has 12 heteroatoms. The third-order valence-corrected chi connectivity index (χ3v) is 11.4. The normalized spacial score (nSPS) is 17.6. The minimum Gasteiger partial charge on any atom is -0.491 e. The Hall–Kier alpha value is -4.36. The lowest BCUT2D eigenvalue weighted by Crippen LogP contribution is -2.38. The van der Waals surface area contributed by atoms with Gasteiger partial charge in [0.25, 0.3) is 0 Å². The molecule has 2 aromatic carbocycles. The van der Waals surface area contributed by atoms with E-state index in [1.165, 1.54) is 4.88 Å². The number of para-hydroxylation sites is 4. The third kappa shape index (κ3) is 6.18. The van der Waals surface area contributed by atoms with E-state index in [0.29, 0.717) is 49.9 Å². The molecule has 252 valence electrons. The van der Waals surface area contributed by atoms with Gasteiger partial charge in [-0.15, -0.1) is 22.7 Å². The fourth-order valence-corrected chi connectivity index (χ4v) is 8.35. The summed E-state index contributed by atoms with van der Waals surface area (Å²) >= 11 is 3.28. The van der Waals surface area contributed by atoms with Gasteiger partial charge in [0, 0.05) is 29.9 Å². The number of benzene rings is 2. The molecule has 0 bridgehead atoms. The maximum atomic E-state index is 6.67. The molecule has 0 amide bonds. The van der Waals surface area contributed by atoms with Gasteiger partial charge in [0.15, 0.2) is 11.6 Å². The predicted octanol–water partition coefficient (Wildman–Crippen LogP) is 8.34. The predicted molar refractivity (Wildman–Crippen MR) is 195 cm³/mol. The molecule has 0 aliphatic carbocycles. The quantitative estimate of drug-likeness (QED) is 0.123. The van der Waals surface area contributed by atoms with Crippen LogP contribution in [0.4, 0.5) is 23.0 Å². The van der Waals surface area contributed by atoms with Crippen molar-refractivity contribution in [3.63, 3.8) is 0 Å². The summed E-state index contributed by atoms with van der Waals surface area (Å²) in [5.41, 5.74) is 3.83. The zero-order valence-corrected chi connectivity index (χ0v) is 29.4. The minimum atomic E-state index is 0.328. The number of ether oxygens (including phenoxy) is 4. The second kappa shape index (κ2) is 13.9. The fraction of sp³-hybridized carbons (Fsp3) is 0.351. The molecule has 2 aliphatic rings. The van der Waals surface area contributed by atoms with Gasteiger partial charge in [0.1, 0.15) is 45.2 Å². The molecule has 49 heavy (non-hydrogen) atoms. The average Bonchev–Trinajstić information content (AvgIpc) is 3.96. The van der Waals surface area contributed by atoms with Crippen molar-refractivity contribution in [2.75, 3.05) is 49.7 Å². The molecule has 0 N–H and O–H groups in total. The van der Waals surface area contributed by atoms with Gasteiger partial charge in [0.2, 0.25) is 0 Å². The van der Waals surface area contributed by atoms with Crippen molar-refractivity contribution in [3.8, 4) is 11.5 Å². The Morgan fingerprint density at radius 1 is 0.714 bits per heavy atom. The van der Waals surface area contributed by atoms with E-state index in [1.54, 1.807) is 35.3 Å². The van der Waals surface area contributed by atoms with Crippen molar-refractivity contribution in [1.82, 2.24) is 19.9 Å². The maximum absolute atomic E-state index is 6.67. The van der Waals surface area contributed by atoms with Crippen molar-refractivity contribution < 1.29 is 18.9 Å². The van der Waals surface area contributed by atoms with Crippen LogP contribution in [0.2, 0.25) is 0 Å². The Balaban J connectivity index is 1.38. The molecule has 2 atom stereocenters. The number of nitrogens with zero attached hydrogens (tertiary/aromatic N) is 6. The minimum absolute atomic E-state index is 0.328. The van der Waals surface area contributed by atoms with Gasteiger partial charge in [-0.25, -0.2) is 30.0 Å². The van der Waals surface area contributed by atoms with Crippen molar-refractivity contribution in [3.05, 3.63) is 82.6 Å². The van der Waals surface area contributed by atoms with Crippen LogP contribution >= 0.6 is 22.7 Å². The summed E-state index contributed by atoms with van der Waals surface area (Å²) in [7, 11) is 0. The van der Waals surface area contributed by atoms with Crippen molar-refractivity contribution >= 4 is 66.1 Å². The first kappa shape index (κ1) is 31.9.